The molecule has 2 N–H and O–H groups in total. The molecule has 2 heterocycles. The van der Waals surface area contributed by atoms with Crippen LogP contribution in [-0.2, 0) is 11.3 Å². The molecule has 0 fully saturated rings. The van der Waals surface area contributed by atoms with E-state index >= 15 is 0 Å². The summed E-state index contributed by atoms with van der Waals surface area (Å²) in [6.07, 6.45) is 0.844. The minimum Gasteiger partial charge on any atom is -0.490 e. The topological polar surface area (TPSA) is 96.6 Å². The number of aromatic amines is 1. The second-order valence-electron chi connectivity index (χ2n) is 9.57. The largest absolute Gasteiger partial charge is 0.490 e. The smallest absolute Gasteiger partial charge is 0.258 e. The van der Waals surface area contributed by atoms with Crippen LogP contribution in [0, 0.1) is 5.92 Å². The molecule has 1 aliphatic rings. The Labute approximate surface area is 205 Å². The fourth-order valence-electron chi connectivity index (χ4n) is 4.23. The summed E-state index contributed by atoms with van der Waals surface area (Å²) in [7, 11) is 0. The van der Waals surface area contributed by atoms with E-state index in [4.69, 9.17) is 9.47 Å². The van der Waals surface area contributed by atoms with Gasteiger partial charge in [0, 0.05) is 12.5 Å². The van der Waals surface area contributed by atoms with Crippen LogP contribution in [0.4, 0.5) is 0 Å². The Hall–Kier alpha value is -3.39. The van der Waals surface area contributed by atoms with E-state index in [1.165, 1.54) is 0 Å². The van der Waals surface area contributed by atoms with E-state index in [9.17, 15) is 9.59 Å². The van der Waals surface area contributed by atoms with Crippen LogP contribution in [0.1, 0.15) is 51.5 Å². The zero-order valence-electron chi connectivity index (χ0n) is 20.8. The molecule has 2 aromatic carbocycles. The molecule has 0 radical (unpaired) electrons. The molecule has 0 saturated carbocycles. The molecule has 8 heteroatoms. The van der Waals surface area contributed by atoms with Crippen molar-refractivity contribution < 1.29 is 14.3 Å². The van der Waals surface area contributed by atoms with Gasteiger partial charge in [-0.25, -0.2) is 4.98 Å². The van der Waals surface area contributed by atoms with Crippen molar-refractivity contribution in [3.05, 3.63) is 64.2 Å². The van der Waals surface area contributed by atoms with Crippen LogP contribution >= 0.6 is 0 Å². The Morgan fingerprint density at radius 1 is 1.09 bits per heavy atom. The molecule has 35 heavy (non-hydrogen) atoms. The Bertz CT molecular complexity index is 1240. The molecule has 1 amide bonds. The van der Waals surface area contributed by atoms with Crippen LogP contribution < -0.4 is 20.3 Å². The maximum atomic E-state index is 13.2. The molecule has 1 aromatic heterocycles. The summed E-state index contributed by atoms with van der Waals surface area (Å²) in [4.78, 5) is 35.1. The monoisotopic (exact) mass is 478 g/mol. The molecule has 0 bridgehead atoms. The van der Waals surface area contributed by atoms with Crippen molar-refractivity contribution in [2.75, 3.05) is 19.8 Å². The van der Waals surface area contributed by atoms with Crippen molar-refractivity contribution in [1.29, 1.82) is 0 Å². The van der Waals surface area contributed by atoms with Gasteiger partial charge < -0.3 is 19.8 Å². The fraction of sp³-hybridized carbons (Fsp3) is 0.444. The quantitative estimate of drug-likeness (QED) is 0.511. The molecule has 1 atom stereocenters. The number of para-hydroxylation sites is 1. The van der Waals surface area contributed by atoms with E-state index in [2.05, 4.69) is 29.1 Å². The number of carbonyl (C=O) groups is 1. The van der Waals surface area contributed by atoms with E-state index in [-0.39, 0.29) is 36.0 Å². The minimum absolute atomic E-state index is 0.0769. The highest BCUT2D eigenvalue weighted by atomic mass is 16.5. The summed E-state index contributed by atoms with van der Waals surface area (Å²) in [5.74, 6) is 2.08. The van der Waals surface area contributed by atoms with Gasteiger partial charge in [-0.05, 0) is 49.6 Å². The number of carbonyl (C=O) groups excluding carboxylic acids is 1. The lowest BCUT2D eigenvalue weighted by Gasteiger charge is -2.28. The SMILES string of the molecule is CC(C)C(NC(=O)CN(Cc1nc2ccccc2c(=O)[nH]1)C(C)C)c1ccc2c(c1)OCCCO2. The van der Waals surface area contributed by atoms with Crippen LogP contribution in [0.3, 0.4) is 0 Å². The predicted molar refractivity (Wildman–Crippen MR) is 136 cm³/mol. The lowest BCUT2D eigenvalue weighted by atomic mass is 9.95. The first-order valence-electron chi connectivity index (χ1n) is 12.2. The number of nitrogens with zero attached hydrogens (tertiary/aromatic N) is 2. The lowest BCUT2D eigenvalue weighted by Crippen LogP contribution is -2.43. The molecule has 3 aromatic rings. The molecule has 0 aliphatic carbocycles. The molecular weight excluding hydrogens is 444 g/mol. The number of amides is 1. The highest BCUT2D eigenvalue weighted by Crippen LogP contribution is 2.34. The van der Waals surface area contributed by atoms with Gasteiger partial charge in [0.2, 0.25) is 5.91 Å². The Kier molecular flexibility index (Phi) is 7.70. The van der Waals surface area contributed by atoms with Gasteiger partial charge in [-0.1, -0.05) is 32.0 Å². The van der Waals surface area contributed by atoms with Gasteiger partial charge in [0.05, 0.1) is 43.2 Å². The van der Waals surface area contributed by atoms with Crippen molar-refractivity contribution in [3.8, 4) is 11.5 Å². The average molecular weight is 479 g/mol. The van der Waals surface area contributed by atoms with E-state index in [0.29, 0.717) is 36.5 Å². The first kappa shape index (κ1) is 24.7. The summed E-state index contributed by atoms with van der Waals surface area (Å²) in [6, 6.07) is 13.0. The van der Waals surface area contributed by atoms with Crippen molar-refractivity contribution in [1.82, 2.24) is 20.2 Å². The van der Waals surface area contributed by atoms with Gasteiger partial charge in [0.25, 0.3) is 5.56 Å². The normalized spacial score (nSPS) is 14.4. The molecule has 4 rings (SSSR count). The summed E-state index contributed by atoms with van der Waals surface area (Å²) in [6.45, 7) is 10.0. The van der Waals surface area contributed by atoms with Gasteiger partial charge in [-0.15, -0.1) is 0 Å². The molecule has 1 aliphatic heterocycles. The minimum atomic E-state index is -0.174. The van der Waals surface area contributed by atoms with Crippen molar-refractivity contribution in [3.63, 3.8) is 0 Å². The zero-order chi connectivity index (χ0) is 24.9. The third-order valence-corrected chi connectivity index (χ3v) is 6.21. The predicted octanol–water partition coefficient (Wildman–Crippen LogP) is 3.81. The second-order valence-corrected chi connectivity index (χ2v) is 9.57. The van der Waals surface area contributed by atoms with Crippen molar-refractivity contribution in [2.45, 2.75) is 52.7 Å². The maximum absolute atomic E-state index is 13.2. The summed E-state index contributed by atoms with van der Waals surface area (Å²) >= 11 is 0. The van der Waals surface area contributed by atoms with Gasteiger partial charge in [0.1, 0.15) is 5.82 Å². The van der Waals surface area contributed by atoms with Crippen molar-refractivity contribution in [2.24, 2.45) is 5.92 Å². The number of nitrogens with one attached hydrogen (secondary N) is 2. The summed E-state index contributed by atoms with van der Waals surface area (Å²) in [5, 5.41) is 3.75. The van der Waals surface area contributed by atoms with Gasteiger partial charge in [-0.3, -0.25) is 14.5 Å². The van der Waals surface area contributed by atoms with Gasteiger partial charge >= 0.3 is 0 Å². The summed E-state index contributed by atoms with van der Waals surface area (Å²) in [5.41, 5.74) is 1.45. The Morgan fingerprint density at radius 2 is 1.83 bits per heavy atom. The third kappa shape index (κ3) is 6.00. The number of benzene rings is 2. The number of H-pyrrole nitrogens is 1. The maximum Gasteiger partial charge on any atom is 0.258 e. The number of rotatable bonds is 8. The molecule has 186 valence electrons. The third-order valence-electron chi connectivity index (χ3n) is 6.21. The van der Waals surface area contributed by atoms with E-state index < -0.39 is 0 Å². The molecule has 1 unspecified atom stereocenters. The Morgan fingerprint density at radius 3 is 2.57 bits per heavy atom. The molecule has 0 saturated heterocycles. The molecular formula is C27H34N4O4. The van der Waals surface area contributed by atoms with Gasteiger partial charge in [-0.2, -0.15) is 0 Å². The number of hydrogen-bond acceptors (Lipinski definition) is 6. The van der Waals surface area contributed by atoms with Gasteiger partial charge in [0.15, 0.2) is 11.5 Å². The average Bonchev–Trinajstić information content (AvgIpc) is 3.07. The Balaban J connectivity index is 1.48. The van der Waals surface area contributed by atoms with E-state index in [1.807, 2.05) is 55.1 Å². The van der Waals surface area contributed by atoms with Crippen LogP contribution in [0.2, 0.25) is 0 Å². The fourth-order valence-corrected chi connectivity index (χ4v) is 4.23. The van der Waals surface area contributed by atoms with Crippen LogP contribution in [0.5, 0.6) is 11.5 Å². The number of aromatic nitrogens is 2. The number of ether oxygens (including phenoxy) is 2. The summed E-state index contributed by atoms with van der Waals surface area (Å²) < 4.78 is 11.6. The van der Waals surface area contributed by atoms with Crippen LogP contribution in [-0.4, -0.2) is 46.6 Å². The van der Waals surface area contributed by atoms with Crippen LogP contribution in [0.15, 0.2) is 47.3 Å². The highest BCUT2D eigenvalue weighted by molar-refractivity contribution is 5.79. The first-order valence-corrected chi connectivity index (χ1v) is 12.2. The van der Waals surface area contributed by atoms with Crippen molar-refractivity contribution >= 4 is 16.8 Å². The molecule has 8 nitrogen and oxygen atoms in total. The first-order chi connectivity index (χ1) is 16.8. The number of hydrogen-bond donors (Lipinski definition) is 2. The standard InChI is InChI=1S/C27H34N4O4/c1-17(2)26(19-10-11-22-23(14-19)35-13-7-12-34-22)30-25(32)16-31(18(3)4)15-24-28-21-9-6-5-8-20(21)27(33)29-24/h5-6,8-11,14,17-18,26H,7,12-13,15-16H2,1-4H3,(H,30,32)(H,28,29,33). The van der Waals surface area contributed by atoms with Crippen LogP contribution in [0.25, 0.3) is 10.9 Å². The number of fused-ring (bicyclic) bond motifs is 2. The lowest BCUT2D eigenvalue weighted by molar-refractivity contribution is -0.124. The molecule has 0 spiro atoms. The van der Waals surface area contributed by atoms with E-state index in [1.54, 1.807) is 6.07 Å². The van der Waals surface area contributed by atoms with E-state index in [0.717, 1.165) is 23.5 Å². The highest BCUT2D eigenvalue weighted by Gasteiger charge is 2.23. The second kappa shape index (κ2) is 10.9. The zero-order valence-corrected chi connectivity index (χ0v) is 20.8.